The van der Waals surface area contributed by atoms with Crippen molar-refractivity contribution in [1.29, 1.82) is 0 Å². The molecule has 1 aromatic carbocycles. The van der Waals surface area contributed by atoms with Crippen LogP contribution in [0.5, 0.6) is 0 Å². The number of carbonyl (C=O) groups is 2. The van der Waals surface area contributed by atoms with Gasteiger partial charge in [-0.2, -0.15) is 0 Å². The first-order chi connectivity index (χ1) is 7.91. The third-order valence-corrected chi connectivity index (χ3v) is 1.85. The highest BCUT2D eigenvalue weighted by molar-refractivity contribution is 6.01. The highest BCUT2D eigenvalue weighted by Gasteiger charge is 2.14. The quantitative estimate of drug-likeness (QED) is 0.262. The molecule has 0 saturated heterocycles. The van der Waals surface area contributed by atoms with Gasteiger partial charge in [-0.1, -0.05) is 6.58 Å². The van der Waals surface area contributed by atoms with Gasteiger partial charge in [-0.3, -0.25) is 10.1 Å². The van der Waals surface area contributed by atoms with Crippen LogP contribution in [0, 0.1) is 10.1 Å². The van der Waals surface area contributed by atoms with Crippen LogP contribution in [0.25, 0.3) is 0 Å². The van der Waals surface area contributed by atoms with E-state index in [1.54, 1.807) is 0 Å². The van der Waals surface area contributed by atoms with E-state index < -0.39 is 16.9 Å². The minimum absolute atomic E-state index is 0.0604. The van der Waals surface area contributed by atoms with E-state index in [0.29, 0.717) is 0 Å². The van der Waals surface area contributed by atoms with Crippen LogP contribution < -0.4 is 0 Å². The molecule has 0 saturated carbocycles. The highest BCUT2D eigenvalue weighted by atomic mass is 16.6. The first-order valence-electron chi connectivity index (χ1n) is 4.58. The second kappa shape index (κ2) is 5.02. The van der Waals surface area contributed by atoms with Gasteiger partial charge in [0.2, 0.25) is 0 Å². The lowest BCUT2D eigenvalue weighted by atomic mass is 10.2. The van der Waals surface area contributed by atoms with Gasteiger partial charge in [-0.05, 0) is 19.1 Å². The average molecular weight is 235 g/mol. The summed E-state index contributed by atoms with van der Waals surface area (Å²) in [4.78, 5) is 32.2. The smallest absolute Gasteiger partial charge is 0.346 e. The average Bonchev–Trinajstić information content (AvgIpc) is 2.28. The maximum atomic E-state index is 11.4. The van der Waals surface area contributed by atoms with E-state index in [-0.39, 0.29) is 16.8 Å². The topological polar surface area (TPSA) is 86.5 Å². The normalized spacial score (nSPS) is 9.47. The van der Waals surface area contributed by atoms with Gasteiger partial charge in [0, 0.05) is 17.7 Å². The molecule has 0 aliphatic carbocycles. The fourth-order valence-corrected chi connectivity index (χ4v) is 0.949. The van der Waals surface area contributed by atoms with Crippen LogP contribution in [0.1, 0.15) is 17.3 Å². The van der Waals surface area contributed by atoms with Crippen molar-refractivity contribution in [1.82, 2.24) is 0 Å². The first kappa shape index (κ1) is 12.6. The first-order valence-corrected chi connectivity index (χ1v) is 4.58. The Labute approximate surface area is 96.7 Å². The number of non-ortho nitro benzene ring substituents is 1. The maximum Gasteiger partial charge on any atom is 0.346 e. The Hall–Kier alpha value is -2.50. The Morgan fingerprint density at radius 3 is 2.24 bits per heavy atom. The van der Waals surface area contributed by atoms with Crippen molar-refractivity contribution >= 4 is 17.6 Å². The summed E-state index contributed by atoms with van der Waals surface area (Å²) >= 11 is 0. The van der Waals surface area contributed by atoms with Crippen LogP contribution in [0.4, 0.5) is 5.69 Å². The van der Waals surface area contributed by atoms with E-state index in [0.717, 1.165) is 12.1 Å². The van der Waals surface area contributed by atoms with E-state index in [9.17, 15) is 19.7 Å². The number of esters is 2. The van der Waals surface area contributed by atoms with Crippen LogP contribution in [0.3, 0.4) is 0 Å². The number of hydrogen-bond donors (Lipinski definition) is 0. The van der Waals surface area contributed by atoms with Gasteiger partial charge < -0.3 is 4.74 Å². The fraction of sp³-hybridized carbons (Fsp3) is 0.0909. The minimum atomic E-state index is -0.868. The molecule has 0 bridgehead atoms. The van der Waals surface area contributed by atoms with Gasteiger partial charge in [-0.25, -0.2) is 9.59 Å². The van der Waals surface area contributed by atoms with Crippen LogP contribution in [0.15, 0.2) is 36.4 Å². The molecule has 1 rings (SSSR count). The SMILES string of the molecule is C=C(C)C(=O)OC(=O)c1ccc([N+](=O)[O-])cc1. The van der Waals surface area contributed by atoms with Crippen molar-refractivity contribution in [3.05, 3.63) is 52.1 Å². The number of nitro benzene ring substituents is 1. The fourth-order valence-electron chi connectivity index (χ4n) is 0.949. The molecule has 0 fully saturated rings. The molecule has 6 heteroatoms. The van der Waals surface area contributed by atoms with Crippen molar-refractivity contribution in [2.24, 2.45) is 0 Å². The summed E-state index contributed by atoms with van der Waals surface area (Å²) in [6.45, 7) is 4.73. The molecule has 88 valence electrons. The number of nitro groups is 1. The zero-order valence-corrected chi connectivity index (χ0v) is 9.00. The second-order valence-electron chi connectivity index (χ2n) is 3.26. The molecule has 6 nitrogen and oxygen atoms in total. The molecule has 0 unspecified atom stereocenters. The number of hydrogen-bond acceptors (Lipinski definition) is 5. The molecule has 0 aromatic heterocycles. The summed E-state index contributed by atoms with van der Waals surface area (Å²) < 4.78 is 4.45. The second-order valence-corrected chi connectivity index (χ2v) is 3.26. The Morgan fingerprint density at radius 2 is 1.82 bits per heavy atom. The molecular weight excluding hydrogens is 226 g/mol. The van der Waals surface area contributed by atoms with Crippen molar-refractivity contribution in [3.8, 4) is 0 Å². The van der Waals surface area contributed by atoms with Gasteiger partial charge in [-0.15, -0.1) is 0 Å². The monoisotopic (exact) mass is 235 g/mol. The summed E-state index contributed by atoms with van der Waals surface area (Å²) in [6.07, 6.45) is 0. The molecule has 1 aromatic rings. The lowest BCUT2D eigenvalue weighted by Crippen LogP contribution is -2.12. The number of carbonyl (C=O) groups excluding carboxylic acids is 2. The zero-order chi connectivity index (χ0) is 13.0. The van der Waals surface area contributed by atoms with Gasteiger partial charge in [0.15, 0.2) is 0 Å². The molecule has 17 heavy (non-hydrogen) atoms. The van der Waals surface area contributed by atoms with E-state index in [4.69, 9.17) is 0 Å². The summed E-state index contributed by atoms with van der Waals surface area (Å²) in [5.41, 5.74) is 0.0123. The third-order valence-electron chi connectivity index (χ3n) is 1.85. The van der Waals surface area contributed by atoms with Crippen molar-refractivity contribution in [3.63, 3.8) is 0 Å². The van der Waals surface area contributed by atoms with E-state index in [2.05, 4.69) is 11.3 Å². The third kappa shape index (κ3) is 3.23. The van der Waals surface area contributed by atoms with Crippen LogP contribution in [-0.4, -0.2) is 16.9 Å². The zero-order valence-electron chi connectivity index (χ0n) is 9.00. The van der Waals surface area contributed by atoms with E-state index >= 15 is 0 Å². The lowest BCUT2D eigenvalue weighted by molar-refractivity contribution is -0.384. The Bertz CT molecular complexity index is 489. The lowest BCUT2D eigenvalue weighted by Gasteiger charge is -2.01. The van der Waals surface area contributed by atoms with Crippen molar-refractivity contribution in [2.75, 3.05) is 0 Å². The predicted molar refractivity (Wildman–Crippen MR) is 58.3 cm³/mol. The number of benzene rings is 1. The van der Waals surface area contributed by atoms with E-state index in [1.165, 1.54) is 19.1 Å². The molecule has 0 spiro atoms. The van der Waals surface area contributed by atoms with Gasteiger partial charge in [0.05, 0.1) is 10.5 Å². The Kier molecular flexibility index (Phi) is 3.71. The van der Waals surface area contributed by atoms with Crippen LogP contribution in [-0.2, 0) is 9.53 Å². The van der Waals surface area contributed by atoms with Crippen LogP contribution >= 0.6 is 0 Å². The number of ether oxygens (including phenoxy) is 1. The van der Waals surface area contributed by atoms with Crippen LogP contribution in [0.2, 0.25) is 0 Å². The standard InChI is InChI=1S/C11H9NO5/c1-7(2)10(13)17-11(14)8-3-5-9(6-4-8)12(15)16/h3-6H,1H2,2H3. The van der Waals surface area contributed by atoms with Gasteiger partial charge in [0.25, 0.3) is 5.69 Å². The molecule has 0 heterocycles. The summed E-state index contributed by atoms with van der Waals surface area (Å²) in [5, 5.41) is 10.4. The van der Waals surface area contributed by atoms with E-state index in [1.807, 2.05) is 0 Å². The van der Waals surface area contributed by atoms with Gasteiger partial charge in [0.1, 0.15) is 0 Å². The van der Waals surface area contributed by atoms with Gasteiger partial charge >= 0.3 is 11.9 Å². The summed E-state index contributed by atoms with van der Waals surface area (Å²) in [7, 11) is 0. The molecule has 0 atom stereocenters. The molecule has 0 N–H and O–H groups in total. The van der Waals surface area contributed by atoms with Crippen molar-refractivity contribution < 1.29 is 19.2 Å². The largest absolute Gasteiger partial charge is 0.386 e. The maximum absolute atomic E-state index is 11.4. The number of rotatable bonds is 3. The predicted octanol–water partition coefficient (Wildman–Crippen LogP) is 1.85. The Morgan fingerprint density at radius 1 is 1.29 bits per heavy atom. The molecule has 0 radical (unpaired) electrons. The molecular formula is C11H9NO5. The molecule has 0 aliphatic rings. The van der Waals surface area contributed by atoms with Crippen molar-refractivity contribution in [2.45, 2.75) is 6.92 Å². The summed E-state index contributed by atoms with van der Waals surface area (Å²) in [5.74, 6) is -1.69. The summed E-state index contributed by atoms with van der Waals surface area (Å²) in [6, 6.07) is 4.74. The highest BCUT2D eigenvalue weighted by Crippen LogP contribution is 2.13. The Balaban J connectivity index is 2.80. The minimum Gasteiger partial charge on any atom is -0.386 e. The molecule has 0 aliphatic heterocycles. The number of nitrogens with zero attached hydrogens (tertiary/aromatic N) is 1. The molecule has 0 amide bonds.